The van der Waals surface area contributed by atoms with Crippen LogP contribution in [0.3, 0.4) is 0 Å². The Labute approximate surface area is 170 Å². The van der Waals surface area contributed by atoms with Crippen molar-refractivity contribution in [2.45, 2.75) is 36.6 Å². The minimum atomic E-state index is -3.66. The molecule has 0 spiro atoms. The Kier molecular flexibility index (Phi) is 5.50. The van der Waals surface area contributed by atoms with Gasteiger partial charge in [0.15, 0.2) is 0 Å². The van der Waals surface area contributed by atoms with Gasteiger partial charge >= 0.3 is 0 Å². The number of nitrogens with zero attached hydrogens (tertiary/aromatic N) is 1. The van der Waals surface area contributed by atoms with E-state index >= 15 is 0 Å². The molecule has 1 unspecified atom stereocenters. The lowest BCUT2D eigenvalue weighted by Crippen LogP contribution is -2.36. The van der Waals surface area contributed by atoms with Crippen LogP contribution in [0.25, 0.3) is 0 Å². The fourth-order valence-electron chi connectivity index (χ4n) is 4.28. The van der Waals surface area contributed by atoms with Gasteiger partial charge in [0, 0.05) is 25.7 Å². The van der Waals surface area contributed by atoms with Crippen LogP contribution in [0.2, 0.25) is 10.0 Å². The lowest BCUT2D eigenvalue weighted by atomic mass is 9.93. The van der Waals surface area contributed by atoms with Crippen LogP contribution >= 0.6 is 23.2 Å². The minimum Gasteiger partial charge on any atom is -0.296 e. The van der Waals surface area contributed by atoms with Gasteiger partial charge in [-0.3, -0.25) is 4.90 Å². The van der Waals surface area contributed by atoms with Crippen molar-refractivity contribution in [3.05, 3.63) is 63.1 Å². The molecule has 2 aliphatic rings. The molecule has 4 rings (SSSR count). The van der Waals surface area contributed by atoms with Crippen LogP contribution in [0.5, 0.6) is 0 Å². The molecule has 0 aromatic heterocycles. The van der Waals surface area contributed by atoms with Crippen LogP contribution in [0.15, 0.2) is 41.3 Å². The summed E-state index contributed by atoms with van der Waals surface area (Å²) in [7, 11) is -3.66. The van der Waals surface area contributed by atoms with Crippen molar-refractivity contribution in [2.75, 3.05) is 19.6 Å². The first-order valence-electron chi connectivity index (χ1n) is 9.26. The molecule has 27 heavy (non-hydrogen) atoms. The summed E-state index contributed by atoms with van der Waals surface area (Å²) in [4.78, 5) is 2.53. The molecule has 0 saturated heterocycles. The van der Waals surface area contributed by atoms with E-state index in [2.05, 4.69) is 27.8 Å². The second-order valence-corrected chi connectivity index (χ2v) is 9.65. The normalized spacial score (nSPS) is 19.3. The summed E-state index contributed by atoms with van der Waals surface area (Å²) in [5.41, 5.74) is 4.50. The van der Waals surface area contributed by atoms with Gasteiger partial charge in [-0.15, -0.1) is 0 Å². The van der Waals surface area contributed by atoms with E-state index in [4.69, 9.17) is 23.2 Å². The smallest absolute Gasteiger partial charge is 0.242 e. The highest BCUT2D eigenvalue weighted by Crippen LogP contribution is 2.41. The maximum atomic E-state index is 12.5. The quantitative estimate of drug-likeness (QED) is 0.706. The second-order valence-electron chi connectivity index (χ2n) is 7.13. The number of hydrogen-bond acceptors (Lipinski definition) is 3. The molecule has 0 amide bonds. The summed E-state index contributed by atoms with van der Waals surface area (Å²) >= 11 is 12.0. The van der Waals surface area contributed by atoms with Gasteiger partial charge in [-0.05, 0) is 54.5 Å². The zero-order chi connectivity index (χ0) is 19.0. The Bertz CT molecular complexity index is 962. The molecule has 0 fully saturated rings. The Balaban J connectivity index is 1.35. The highest BCUT2D eigenvalue weighted by molar-refractivity contribution is 7.89. The summed E-state index contributed by atoms with van der Waals surface area (Å²) in [6.07, 6.45) is 4.13. The van der Waals surface area contributed by atoms with E-state index in [1.807, 2.05) is 0 Å². The molecule has 7 heteroatoms. The van der Waals surface area contributed by atoms with Gasteiger partial charge in [0.05, 0.1) is 10.0 Å². The summed E-state index contributed by atoms with van der Waals surface area (Å²) in [6, 6.07) is 11.8. The molecule has 2 aromatic rings. The van der Waals surface area contributed by atoms with Crippen LogP contribution in [0.1, 0.15) is 35.6 Å². The zero-order valence-electron chi connectivity index (χ0n) is 14.9. The average molecular weight is 425 g/mol. The monoisotopic (exact) mass is 424 g/mol. The fraction of sp³-hybridized carbons (Fsp3) is 0.400. The zero-order valence-corrected chi connectivity index (χ0v) is 17.2. The van der Waals surface area contributed by atoms with Crippen molar-refractivity contribution in [3.8, 4) is 0 Å². The number of sulfonamides is 1. The van der Waals surface area contributed by atoms with Crippen LogP contribution in [-0.2, 0) is 22.9 Å². The van der Waals surface area contributed by atoms with Crippen molar-refractivity contribution in [1.82, 2.24) is 9.62 Å². The third-order valence-corrected chi connectivity index (χ3v) is 7.97. The van der Waals surface area contributed by atoms with Crippen LogP contribution < -0.4 is 4.72 Å². The molecule has 1 heterocycles. The molecule has 2 aromatic carbocycles. The summed E-state index contributed by atoms with van der Waals surface area (Å²) in [5, 5.41) is 0.307. The third kappa shape index (κ3) is 3.76. The molecule has 1 aliphatic carbocycles. The predicted molar refractivity (Wildman–Crippen MR) is 109 cm³/mol. The summed E-state index contributed by atoms with van der Waals surface area (Å²) in [5.74, 6) is 0. The molecular formula is C20H22Cl2N2O2S. The van der Waals surface area contributed by atoms with Crippen molar-refractivity contribution in [1.29, 1.82) is 0 Å². The van der Waals surface area contributed by atoms with Crippen molar-refractivity contribution in [2.24, 2.45) is 0 Å². The highest BCUT2D eigenvalue weighted by atomic mass is 35.5. The van der Waals surface area contributed by atoms with Gasteiger partial charge in [0.1, 0.15) is 4.90 Å². The van der Waals surface area contributed by atoms with Gasteiger partial charge in [0.2, 0.25) is 10.0 Å². The minimum absolute atomic E-state index is 0.0315. The first-order valence-corrected chi connectivity index (χ1v) is 11.5. The van der Waals surface area contributed by atoms with Gasteiger partial charge in [-0.25, -0.2) is 13.1 Å². The van der Waals surface area contributed by atoms with Crippen LogP contribution in [-0.4, -0.2) is 33.0 Å². The maximum Gasteiger partial charge on any atom is 0.242 e. The second kappa shape index (κ2) is 7.72. The number of hydrogen-bond donors (Lipinski definition) is 1. The Morgan fingerprint density at radius 1 is 1.07 bits per heavy atom. The average Bonchev–Trinajstić information content (AvgIpc) is 3.08. The Morgan fingerprint density at radius 3 is 2.63 bits per heavy atom. The van der Waals surface area contributed by atoms with Gasteiger partial charge in [0.25, 0.3) is 0 Å². The Hall–Kier alpha value is -1.11. The fourth-order valence-corrected chi connectivity index (χ4v) is 6.11. The molecule has 144 valence electrons. The largest absolute Gasteiger partial charge is 0.296 e. The molecule has 0 radical (unpaired) electrons. The number of aryl methyl sites for hydroxylation is 1. The number of halogens is 2. The molecule has 0 bridgehead atoms. The van der Waals surface area contributed by atoms with Crippen molar-refractivity contribution >= 4 is 33.2 Å². The van der Waals surface area contributed by atoms with Crippen LogP contribution in [0.4, 0.5) is 0 Å². The molecule has 1 aliphatic heterocycles. The third-order valence-electron chi connectivity index (χ3n) is 5.54. The van der Waals surface area contributed by atoms with Gasteiger partial charge < -0.3 is 0 Å². The van der Waals surface area contributed by atoms with Gasteiger partial charge in [-0.1, -0.05) is 47.5 Å². The number of benzene rings is 2. The summed E-state index contributed by atoms with van der Waals surface area (Å²) in [6.45, 7) is 2.29. The molecule has 1 atom stereocenters. The van der Waals surface area contributed by atoms with E-state index in [-0.39, 0.29) is 14.9 Å². The molecular weight excluding hydrogens is 403 g/mol. The van der Waals surface area contributed by atoms with E-state index in [1.165, 1.54) is 22.8 Å². The lowest BCUT2D eigenvalue weighted by Gasteiger charge is -2.35. The standard InChI is InChI=1S/C20H22Cl2N2O2S/c21-16-6-2-7-18(20(16)22)27(25,26)23-11-3-12-24-13-10-15-5-1-4-14-8-9-17(24)19(14)15/h1-2,4-7,17,23H,3,8-13H2. The topological polar surface area (TPSA) is 49.4 Å². The van der Waals surface area contributed by atoms with Crippen molar-refractivity contribution in [3.63, 3.8) is 0 Å². The van der Waals surface area contributed by atoms with E-state index < -0.39 is 10.0 Å². The van der Waals surface area contributed by atoms with Gasteiger partial charge in [-0.2, -0.15) is 0 Å². The molecule has 1 N–H and O–H groups in total. The molecule has 0 saturated carbocycles. The first-order chi connectivity index (χ1) is 13.0. The van der Waals surface area contributed by atoms with E-state index in [0.29, 0.717) is 12.6 Å². The predicted octanol–water partition coefficient (Wildman–Crippen LogP) is 4.21. The molecule has 4 nitrogen and oxygen atoms in total. The number of nitrogens with one attached hydrogen (secondary N) is 1. The van der Waals surface area contributed by atoms with Crippen molar-refractivity contribution < 1.29 is 8.42 Å². The van der Waals surface area contributed by atoms with E-state index in [0.717, 1.165) is 38.8 Å². The Morgan fingerprint density at radius 2 is 1.81 bits per heavy atom. The SMILES string of the molecule is O=S(=O)(NCCCN1CCc2cccc3c2C1CC3)c1cccc(Cl)c1Cl. The first kappa shape index (κ1) is 19.2. The lowest BCUT2D eigenvalue weighted by molar-refractivity contribution is 0.184. The highest BCUT2D eigenvalue weighted by Gasteiger charge is 2.32. The number of rotatable bonds is 6. The maximum absolute atomic E-state index is 12.5. The summed E-state index contributed by atoms with van der Waals surface area (Å²) < 4.78 is 27.6. The van der Waals surface area contributed by atoms with Crippen LogP contribution in [0, 0.1) is 0 Å². The van der Waals surface area contributed by atoms with E-state index in [1.54, 1.807) is 12.1 Å². The van der Waals surface area contributed by atoms with E-state index in [9.17, 15) is 8.42 Å².